The number of hydrogen-bond donors (Lipinski definition) is 1. The van der Waals surface area contributed by atoms with E-state index in [0.29, 0.717) is 30.5 Å². The highest BCUT2D eigenvalue weighted by atomic mass is 35.5. The first-order valence-corrected chi connectivity index (χ1v) is 10.4. The third-order valence-electron chi connectivity index (χ3n) is 5.19. The number of amidine groups is 1. The van der Waals surface area contributed by atoms with Crippen LogP contribution in [0.1, 0.15) is 12.0 Å². The van der Waals surface area contributed by atoms with Crippen molar-refractivity contribution >= 4 is 34.2 Å². The van der Waals surface area contributed by atoms with E-state index < -0.39 is 5.72 Å². The van der Waals surface area contributed by atoms with Crippen LogP contribution in [-0.2, 0) is 5.72 Å². The summed E-state index contributed by atoms with van der Waals surface area (Å²) in [5, 5.41) is 13.6. The highest BCUT2D eigenvalue weighted by molar-refractivity contribution is 8.13. The van der Waals surface area contributed by atoms with Gasteiger partial charge in [-0.15, -0.1) is 0 Å². The molecule has 3 aliphatic heterocycles. The molecule has 0 amide bonds. The Morgan fingerprint density at radius 3 is 2.67 bits per heavy atom. The van der Waals surface area contributed by atoms with E-state index >= 15 is 0 Å². The van der Waals surface area contributed by atoms with E-state index in [0.717, 1.165) is 40.9 Å². The lowest BCUT2D eigenvalue weighted by Gasteiger charge is -2.26. The van der Waals surface area contributed by atoms with Crippen LogP contribution in [0.4, 0.5) is 5.69 Å². The summed E-state index contributed by atoms with van der Waals surface area (Å²) in [7, 11) is 0. The van der Waals surface area contributed by atoms with Crippen molar-refractivity contribution in [3.05, 3.63) is 53.1 Å². The van der Waals surface area contributed by atoms with Crippen LogP contribution >= 0.6 is 23.4 Å². The molecule has 0 spiro atoms. The molecule has 0 saturated carbocycles. The Labute approximate surface area is 167 Å². The molecular weight excluding hydrogens is 384 g/mol. The normalized spacial score (nSPS) is 24.1. The molecule has 1 atom stereocenters. The first-order valence-electron chi connectivity index (χ1n) is 9.08. The highest BCUT2D eigenvalue weighted by Gasteiger charge is 2.53. The van der Waals surface area contributed by atoms with Gasteiger partial charge in [0.05, 0.1) is 6.54 Å². The van der Waals surface area contributed by atoms with Crippen molar-refractivity contribution < 1.29 is 19.2 Å². The maximum absolute atomic E-state index is 11.8. The fourth-order valence-corrected chi connectivity index (χ4v) is 5.17. The Bertz CT molecular complexity index is 918. The molecule has 140 valence electrons. The number of halogens is 1. The van der Waals surface area contributed by atoms with Gasteiger partial charge in [-0.25, -0.2) is 9.48 Å². The van der Waals surface area contributed by atoms with Crippen LogP contribution < -0.4 is 14.4 Å². The van der Waals surface area contributed by atoms with E-state index in [1.54, 1.807) is 11.8 Å². The SMILES string of the molecule is O[C@@]1(c2ccc3c(c2)OCCO3)CN(c2ccc(Cl)cc2)C2=[N+]1CCCS2. The maximum atomic E-state index is 11.8. The van der Waals surface area contributed by atoms with Crippen LogP contribution in [0, 0.1) is 0 Å². The molecule has 1 N–H and O–H groups in total. The molecule has 3 aliphatic rings. The Morgan fingerprint density at radius 2 is 1.85 bits per heavy atom. The average molecular weight is 404 g/mol. The number of anilines is 1. The maximum Gasteiger partial charge on any atom is 0.316 e. The standard InChI is InChI=1S/C20H20ClN2O3S/c21-15-3-5-16(6-4-15)22-13-20(24,23-8-1-11-27-19(22)23)14-2-7-17-18(12-14)26-10-9-25-17/h2-7,12,24H,1,8-11,13H2/q+1/t20-/m1/s1. The van der Waals surface area contributed by atoms with Crippen molar-refractivity contribution in [3.8, 4) is 11.5 Å². The molecule has 0 bridgehead atoms. The van der Waals surface area contributed by atoms with Crippen molar-refractivity contribution in [3.63, 3.8) is 0 Å². The Hall–Kier alpha value is -1.89. The molecule has 0 saturated heterocycles. The topological polar surface area (TPSA) is 44.9 Å². The minimum Gasteiger partial charge on any atom is -0.486 e. The second-order valence-electron chi connectivity index (χ2n) is 6.87. The number of aliphatic hydroxyl groups is 1. The first kappa shape index (κ1) is 17.2. The number of thioether (sulfide) groups is 1. The van der Waals surface area contributed by atoms with Gasteiger partial charge in [0.25, 0.3) is 5.72 Å². The molecule has 3 heterocycles. The molecule has 2 aromatic rings. The van der Waals surface area contributed by atoms with E-state index in [1.165, 1.54) is 0 Å². The van der Waals surface area contributed by atoms with Gasteiger partial charge >= 0.3 is 5.17 Å². The zero-order valence-electron chi connectivity index (χ0n) is 14.7. The van der Waals surface area contributed by atoms with Gasteiger partial charge in [0, 0.05) is 16.3 Å². The number of nitrogens with zero attached hydrogens (tertiary/aromatic N) is 2. The molecule has 2 aromatic carbocycles. The molecule has 0 radical (unpaired) electrons. The predicted molar refractivity (Wildman–Crippen MR) is 107 cm³/mol. The Balaban J connectivity index is 1.57. The summed E-state index contributed by atoms with van der Waals surface area (Å²) in [5.41, 5.74) is 0.739. The van der Waals surface area contributed by atoms with Gasteiger partial charge in [-0.2, -0.15) is 0 Å². The van der Waals surface area contributed by atoms with Crippen LogP contribution in [-0.4, -0.2) is 46.9 Å². The van der Waals surface area contributed by atoms with Gasteiger partial charge in [0.2, 0.25) is 0 Å². The quantitative estimate of drug-likeness (QED) is 0.779. The number of hydrogen-bond acceptors (Lipinski definition) is 5. The zero-order chi connectivity index (χ0) is 18.4. The van der Waals surface area contributed by atoms with Crippen molar-refractivity contribution in [1.29, 1.82) is 0 Å². The summed E-state index contributed by atoms with van der Waals surface area (Å²) < 4.78 is 13.5. The molecule has 27 heavy (non-hydrogen) atoms. The Kier molecular flexibility index (Phi) is 4.22. The summed E-state index contributed by atoms with van der Waals surface area (Å²) in [4.78, 5) is 2.18. The molecular formula is C20H20ClN2O3S+. The van der Waals surface area contributed by atoms with E-state index in [1.807, 2.05) is 42.5 Å². The van der Waals surface area contributed by atoms with Crippen molar-refractivity contribution in [1.82, 2.24) is 0 Å². The monoisotopic (exact) mass is 403 g/mol. The molecule has 5 nitrogen and oxygen atoms in total. The van der Waals surface area contributed by atoms with Crippen LogP contribution in [0.3, 0.4) is 0 Å². The van der Waals surface area contributed by atoms with Gasteiger partial charge in [0.1, 0.15) is 18.9 Å². The van der Waals surface area contributed by atoms with Crippen LogP contribution in [0.2, 0.25) is 5.02 Å². The predicted octanol–water partition coefficient (Wildman–Crippen LogP) is 3.28. The third-order valence-corrected chi connectivity index (χ3v) is 6.63. The minimum absolute atomic E-state index is 0.455. The number of fused-ring (bicyclic) bond motifs is 1. The van der Waals surface area contributed by atoms with Gasteiger partial charge in [0.15, 0.2) is 18.0 Å². The van der Waals surface area contributed by atoms with Gasteiger partial charge in [-0.05, 0) is 60.6 Å². The molecule has 0 aromatic heterocycles. The fraction of sp³-hybridized carbons (Fsp3) is 0.350. The largest absolute Gasteiger partial charge is 0.486 e. The van der Waals surface area contributed by atoms with Crippen LogP contribution in [0.15, 0.2) is 42.5 Å². The van der Waals surface area contributed by atoms with E-state index in [2.05, 4.69) is 9.48 Å². The summed E-state index contributed by atoms with van der Waals surface area (Å²) in [6.07, 6.45) is 1.04. The van der Waals surface area contributed by atoms with Crippen molar-refractivity contribution in [2.75, 3.05) is 37.0 Å². The smallest absolute Gasteiger partial charge is 0.316 e. The van der Waals surface area contributed by atoms with E-state index in [4.69, 9.17) is 21.1 Å². The van der Waals surface area contributed by atoms with Crippen LogP contribution in [0.5, 0.6) is 11.5 Å². The van der Waals surface area contributed by atoms with Crippen molar-refractivity contribution in [2.24, 2.45) is 0 Å². The second-order valence-corrected chi connectivity index (χ2v) is 8.37. The number of benzene rings is 2. The number of ether oxygens (including phenoxy) is 2. The molecule has 5 rings (SSSR count). The lowest BCUT2D eigenvalue weighted by Crippen LogP contribution is -2.41. The third kappa shape index (κ3) is 2.87. The number of rotatable bonds is 2. The Morgan fingerprint density at radius 1 is 1.07 bits per heavy atom. The van der Waals surface area contributed by atoms with E-state index in [-0.39, 0.29) is 0 Å². The van der Waals surface area contributed by atoms with Gasteiger partial charge in [-0.3, -0.25) is 0 Å². The highest BCUT2D eigenvalue weighted by Crippen LogP contribution is 2.41. The lowest BCUT2D eigenvalue weighted by molar-refractivity contribution is -0.656. The van der Waals surface area contributed by atoms with E-state index in [9.17, 15) is 5.11 Å². The molecule has 7 heteroatoms. The van der Waals surface area contributed by atoms with Crippen molar-refractivity contribution in [2.45, 2.75) is 12.1 Å². The summed E-state index contributed by atoms with van der Waals surface area (Å²) >= 11 is 7.85. The summed E-state index contributed by atoms with van der Waals surface area (Å²) in [5.74, 6) is 2.48. The van der Waals surface area contributed by atoms with Gasteiger partial charge < -0.3 is 14.6 Å². The first-order chi connectivity index (χ1) is 13.1. The van der Waals surface area contributed by atoms with Crippen LogP contribution in [0.25, 0.3) is 0 Å². The average Bonchev–Trinajstić information content (AvgIpc) is 3.03. The summed E-state index contributed by atoms with van der Waals surface area (Å²) in [6.45, 7) is 2.36. The lowest BCUT2D eigenvalue weighted by atomic mass is 10.0. The number of β-amino-alcohol motifs (C(OH)–C–C–N with tert-alkyl or cyclic N) is 1. The summed E-state index contributed by atoms with van der Waals surface area (Å²) in [6, 6.07) is 13.5. The fourth-order valence-electron chi connectivity index (χ4n) is 3.86. The molecule has 0 aliphatic carbocycles. The zero-order valence-corrected chi connectivity index (χ0v) is 16.3. The van der Waals surface area contributed by atoms with Gasteiger partial charge in [-0.1, -0.05) is 11.6 Å². The minimum atomic E-state index is -1.11. The molecule has 0 fully saturated rings. The molecule has 0 unspecified atom stereocenters. The second kappa shape index (κ2) is 6.62.